The van der Waals surface area contributed by atoms with E-state index in [2.05, 4.69) is 18.8 Å². The van der Waals surface area contributed by atoms with Gasteiger partial charge in [0.2, 0.25) is 0 Å². The SMILES string of the molecule is CCCC[NH+](CC)Cc1c(C)[nH]c2ccc(OCc3ccccc3)cc2c1=O. The van der Waals surface area contributed by atoms with E-state index < -0.39 is 0 Å². The van der Waals surface area contributed by atoms with E-state index in [0.717, 1.165) is 47.7 Å². The number of ether oxygens (including phenoxy) is 1. The topological polar surface area (TPSA) is 46.5 Å². The summed E-state index contributed by atoms with van der Waals surface area (Å²) >= 11 is 0. The minimum atomic E-state index is 0.124. The number of fused-ring (bicyclic) bond motifs is 1. The maximum Gasteiger partial charge on any atom is 0.198 e. The number of aromatic amines is 1. The maximum absolute atomic E-state index is 13.2. The molecule has 0 saturated heterocycles. The van der Waals surface area contributed by atoms with Crippen molar-refractivity contribution in [2.24, 2.45) is 0 Å². The molecule has 0 radical (unpaired) electrons. The number of unbranched alkanes of at least 4 members (excludes halogenated alkanes) is 1. The number of H-pyrrole nitrogens is 1. The highest BCUT2D eigenvalue weighted by molar-refractivity contribution is 5.81. The average Bonchev–Trinajstić information content (AvgIpc) is 2.72. The van der Waals surface area contributed by atoms with E-state index in [-0.39, 0.29) is 5.43 Å². The van der Waals surface area contributed by atoms with Crippen molar-refractivity contribution in [3.63, 3.8) is 0 Å². The minimum Gasteiger partial charge on any atom is -0.489 e. The molecule has 1 heterocycles. The molecule has 2 aromatic carbocycles. The van der Waals surface area contributed by atoms with Crippen molar-refractivity contribution in [3.8, 4) is 5.75 Å². The van der Waals surface area contributed by atoms with Gasteiger partial charge in [0.25, 0.3) is 0 Å². The Balaban J connectivity index is 1.86. The Kier molecular flexibility index (Phi) is 6.88. The first-order chi connectivity index (χ1) is 13.6. The molecular weight excluding hydrogens is 348 g/mol. The monoisotopic (exact) mass is 379 g/mol. The van der Waals surface area contributed by atoms with Crippen molar-refractivity contribution in [1.82, 2.24) is 4.98 Å². The van der Waals surface area contributed by atoms with E-state index in [0.29, 0.717) is 12.0 Å². The zero-order chi connectivity index (χ0) is 19.9. The molecule has 0 spiro atoms. The first-order valence-corrected chi connectivity index (χ1v) is 10.3. The van der Waals surface area contributed by atoms with Gasteiger partial charge in [0, 0.05) is 16.6 Å². The number of benzene rings is 2. The average molecular weight is 380 g/mol. The van der Waals surface area contributed by atoms with E-state index in [1.165, 1.54) is 17.7 Å². The molecule has 1 aromatic heterocycles. The van der Waals surface area contributed by atoms with Crippen LogP contribution in [0, 0.1) is 6.92 Å². The predicted molar refractivity (Wildman–Crippen MR) is 115 cm³/mol. The summed E-state index contributed by atoms with van der Waals surface area (Å²) in [6.07, 6.45) is 2.36. The van der Waals surface area contributed by atoms with Crippen LogP contribution in [0.2, 0.25) is 0 Å². The number of quaternary nitrogens is 1. The lowest BCUT2D eigenvalue weighted by molar-refractivity contribution is -0.912. The number of hydrogen-bond acceptors (Lipinski definition) is 2. The molecule has 28 heavy (non-hydrogen) atoms. The number of pyridine rings is 1. The van der Waals surface area contributed by atoms with Gasteiger partial charge in [-0.05, 0) is 44.0 Å². The van der Waals surface area contributed by atoms with Crippen LogP contribution in [-0.2, 0) is 13.2 Å². The van der Waals surface area contributed by atoms with Crippen LogP contribution in [-0.4, -0.2) is 18.1 Å². The molecule has 4 nitrogen and oxygen atoms in total. The highest BCUT2D eigenvalue weighted by Gasteiger charge is 2.15. The van der Waals surface area contributed by atoms with Gasteiger partial charge in [-0.15, -0.1) is 0 Å². The molecule has 2 N–H and O–H groups in total. The third kappa shape index (κ3) is 4.82. The largest absolute Gasteiger partial charge is 0.489 e. The Morgan fingerprint density at radius 1 is 1.07 bits per heavy atom. The van der Waals surface area contributed by atoms with Crippen LogP contribution in [0.5, 0.6) is 5.75 Å². The van der Waals surface area contributed by atoms with Crippen LogP contribution >= 0.6 is 0 Å². The van der Waals surface area contributed by atoms with E-state index >= 15 is 0 Å². The van der Waals surface area contributed by atoms with E-state index in [1.807, 2.05) is 55.5 Å². The standard InChI is InChI=1S/C24H30N2O2/c1-4-6-14-26(5-2)16-22-18(3)25-23-13-12-20(15-21(23)24(22)27)28-17-19-10-8-7-9-11-19/h7-13,15H,4-6,14,16-17H2,1-3H3,(H,25,27)/p+1. The molecule has 0 saturated carbocycles. The van der Waals surface area contributed by atoms with E-state index in [1.54, 1.807) is 0 Å². The van der Waals surface area contributed by atoms with Gasteiger partial charge in [0.05, 0.1) is 18.7 Å². The fourth-order valence-corrected chi connectivity index (χ4v) is 3.54. The molecule has 1 unspecified atom stereocenters. The quantitative estimate of drug-likeness (QED) is 0.596. The Hall–Kier alpha value is -2.59. The highest BCUT2D eigenvalue weighted by atomic mass is 16.5. The van der Waals surface area contributed by atoms with Crippen molar-refractivity contribution in [2.75, 3.05) is 13.1 Å². The summed E-state index contributed by atoms with van der Waals surface area (Å²) in [6.45, 7) is 9.78. The summed E-state index contributed by atoms with van der Waals surface area (Å²) in [4.78, 5) is 18.1. The van der Waals surface area contributed by atoms with Crippen LogP contribution in [0.3, 0.4) is 0 Å². The molecule has 3 aromatic rings. The maximum atomic E-state index is 13.2. The van der Waals surface area contributed by atoms with Gasteiger partial charge in [-0.3, -0.25) is 4.79 Å². The van der Waals surface area contributed by atoms with Crippen LogP contribution in [0.25, 0.3) is 10.9 Å². The molecule has 4 heteroatoms. The van der Waals surface area contributed by atoms with Crippen molar-refractivity contribution < 1.29 is 9.64 Å². The number of aryl methyl sites for hydroxylation is 1. The third-order valence-electron chi connectivity index (χ3n) is 5.34. The summed E-state index contributed by atoms with van der Waals surface area (Å²) in [5, 5.41) is 0.706. The fraction of sp³-hybridized carbons (Fsp3) is 0.375. The second-order valence-electron chi connectivity index (χ2n) is 7.42. The van der Waals surface area contributed by atoms with E-state index in [4.69, 9.17) is 4.74 Å². The first kappa shape index (κ1) is 20.2. The van der Waals surface area contributed by atoms with Crippen LogP contribution in [0.15, 0.2) is 53.3 Å². The van der Waals surface area contributed by atoms with Crippen LogP contribution in [0.1, 0.15) is 43.5 Å². The fourth-order valence-electron chi connectivity index (χ4n) is 3.54. The zero-order valence-corrected chi connectivity index (χ0v) is 17.2. The first-order valence-electron chi connectivity index (χ1n) is 10.3. The molecule has 0 bridgehead atoms. The molecule has 148 valence electrons. The second kappa shape index (κ2) is 9.56. The van der Waals surface area contributed by atoms with Gasteiger partial charge in [-0.1, -0.05) is 43.7 Å². The summed E-state index contributed by atoms with van der Waals surface area (Å²) in [6, 6.07) is 15.8. The van der Waals surface area contributed by atoms with Gasteiger partial charge < -0.3 is 14.6 Å². The van der Waals surface area contributed by atoms with Crippen molar-refractivity contribution in [1.29, 1.82) is 0 Å². The second-order valence-corrected chi connectivity index (χ2v) is 7.42. The van der Waals surface area contributed by atoms with E-state index in [9.17, 15) is 4.79 Å². The summed E-state index contributed by atoms with van der Waals surface area (Å²) in [7, 11) is 0. The predicted octanol–water partition coefficient (Wildman–Crippen LogP) is 3.62. The number of nitrogens with one attached hydrogen (secondary N) is 2. The molecule has 0 aliphatic carbocycles. The van der Waals surface area contributed by atoms with Gasteiger partial charge in [-0.2, -0.15) is 0 Å². The van der Waals surface area contributed by atoms with Gasteiger partial charge >= 0.3 is 0 Å². The Morgan fingerprint density at radius 3 is 2.57 bits per heavy atom. The van der Waals surface area contributed by atoms with Crippen LogP contribution < -0.4 is 15.1 Å². The Labute approximate surface area is 167 Å². The molecule has 0 amide bonds. The lowest BCUT2D eigenvalue weighted by Gasteiger charge is -2.18. The van der Waals surface area contributed by atoms with Crippen molar-refractivity contribution in [3.05, 3.63) is 75.6 Å². The smallest absolute Gasteiger partial charge is 0.198 e. The molecule has 1 atom stereocenters. The Bertz CT molecular complexity index is 963. The lowest BCUT2D eigenvalue weighted by atomic mass is 10.1. The number of rotatable bonds is 9. The summed E-state index contributed by atoms with van der Waals surface area (Å²) in [5.41, 5.74) is 3.96. The van der Waals surface area contributed by atoms with Crippen LogP contribution in [0.4, 0.5) is 0 Å². The normalized spacial score (nSPS) is 12.2. The minimum absolute atomic E-state index is 0.124. The van der Waals surface area contributed by atoms with Crippen molar-refractivity contribution in [2.45, 2.75) is 46.8 Å². The molecule has 0 aliphatic heterocycles. The summed E-state index contributed by atoms with van der Waals surface area (Å²) in [5.74, 6) is 0.724. The number of hydrogen-bond donors (Lipinski definition) is 2. The van der Waals surface area contributed by atoms with Gasteiger partial charge in [0.15, 0.2) is 5.43 Å². The van der Waals surface area contributed by atoms with Gasteiger partial charge in [0.1, 0.15) is 18.9 Å². The zero-order valence-electron chi connectivity index (χ0n) is 17.2. The number of aromatic nitrogens is 1. The molecule has 0 fully saturated rings. The Morgan fingerprint density at radius 2 is 1.86 bits per heavy atom. The lowest BCUT2D eigenvalue weighted by Crippen LogP contribution is -3.10. The molecule has 3 rings (SSSR count). The molecular formula is C24H31N2O2+. The van der Waals surface area contributed by atoms with Gasteiger partial charge in [-0.25, -0.2) is 0 Å². The third-order valence-corrected chi connectivity index (χ3v) is 5.34. The molecule has 0 aliphatic rings. The van der Waals surface area contributed by atoms with Crippen molar-refractivity contribution >= 4 is 10.9 Å². The highest BCUT2D eigenvalue weighted by Crippen LogP contribution is 2.19. The summed E-state index contributed by atoms with van der Waals surface area (Å²) < 4.78 is 5.92.